The molecule has 0 spiro atoms. The minimum Gasteiger partial charge on any atom is -0.469 e. The number of morpholine rings is 1. The standard InChI is InChI=1S/C24H29N5O4/c1-4-28-13-24(2,3)33-21-18(22(28)31)19(14-5-7-15(8-6-14)20(25)30)26-23(27-21)29-11-16-9-10-17(12-29)32-16/h5-8,16-17H,4,9-13H2,1-3H3,(H2,25,30). The number of likely N-dealkylation sites (N-methyl/N-ethyl adjacent to an activating group) is 1. The van der Waals surface area contributed by atoms with Crippen LogP contribution in [0, 0.1) is 0 Å². The zero-order chi connectivity index (χ0) is 23.3. The molecular weight excluding hydrogens is 422 g/mol. The lowest BCUT2D eigenvalue weighted by Crippen LogP contribution is -2.43. The molecule has 2 bridgehead atoms. The largest absolute Gasteiger partial charge is 0.469 e. The Balaban J connectivity index is 1.67. The Morgan fingerprint density at radius 3 is 2.42 bits per heavy atom. The van der Waals surface area contributed by atoms with Gasteiger partial charge in [-0.05, 0) is 45.7 Å². The average molecular weight is 452 g/mol. The number of ether oxygens (including phenoxy) is 2. The van der Waals surface area contributed by atoms with Crippen molar-refractivity contribution in [2.45, 2.75) is 51.4 Å². The number of carbonyl (C=O) groups excluding carboxylic acids is 2. The Bertz CT molecular complexity index is 1090. The van der Waals surface area contributed by atoms with Gasteiger partial charge in [-0.2, -0.15) is 4.98 Å². The summed E-state index contributed by atoms with van der Waals surface area (Å²) in [6.45, 7) is 8.24. The lowest BCUT2D eigenvalue weighted by atomic mass is 10.0. The van der Waals surface area contributed by atoms with Crippen LogP contribution in [0.3, 0.4) is 0 Å². The first-order valence-corrected chi connectivity index (χ1v) is 11.4. The Morgan fingerprint density at radius 1 is 1.15 bits per heavy atom. The maximum atomic E-state index is 13.6. The number of amides is 2. The van der Waals surface area contributed by atoms with Crippen molar-refractivity contribution in [2.75, 3.05) is 31.1 Å². The number of aromatic nitrogens is 2. The maximum Gasteiger partial charge on any atom is 0.261 e. The van der Waals surface area contributed by atoms with E-state index >= 15 is 0 Å². The summed E-state index contributed by atoms with van der Waals surface area (Å²) < 4.78 is 12.3. The summed E-state index contributed by atoms with van der Waals surface area (Å²) in [5.41, 5.74) is 6.72. The molecule has 2 unspecified atom stereocenters. The Labute approximate surface area is 192 Å². The van der Waals surface area contributed by atoms with Gasteiger partial charge in [-0.15, -0.1) is 0 Å². The van der Waals surface area contributed by atoms with E-state index in [-0.39, 0.29) is 18.1 Å². The van der Waals surface area contributed by atoms with E-state index in [1.807, 2.05) is 20.8 Å². The quantitative estimate of drug-likeness (QED) is 0.759. The summed E-state index contributed by atoms with van der Waals surface area (Å²) >= 11 is 0. The number of nitrogens with zero attached hydrogens (tertiary/aromatic N) is 4. The first kappa shape index (κ1) is 21.6. The number of hydrogen-bond donors (Lipinski definition) is 1. The molecule has 1 aromatic heterocycles. The van der Waals surface area contributed by atoms with Crippen LogP contribution in [0.2, 0.25) is 0 Å². The number of carbonyl (C=O) groups is 2. The Morgan fingerprint density at radius 2 is 1.82 bits per heavy atom. The number of fused-ring (bicyclic) bond motifs is 3. The number of benzene rings is 1. The van der Waals surface area contributed by atoms with E-state index in [9.17, 15) is 9.59 Å². The van der Waals surface area contributed by atoms with Gasteiger partial charge in [0.15, 0.2) is 0 Å². The van der Waals surface area contributed by atoms with Crippen molar-refractivity contribution in [2.24, 2.45) is 5.73 Å². The Kier molecular flexibility index (Phi) is 5.23. The van der Waals surface area contributed by atoms with Crippen LogP contribution in [0.1, 0.15) is 54.3 Å². The number of anilines is 1. The second kappa shape index (κ2) is 7.98. The van der Waals surface area contributed by atoms with Gasteiger partial charge in [0.2, 0.25) is 17.7 Å². The molecule has 2 saturated heterocycles. The molecular formula is C24H29N5O4. The van der Waals surface area contributed by atoms with E-state index in [0.717, 1.165) is 12.8 Å². The number of nitrogens with two attached hydrogens (primary N) is 1. The predicted octanol–water partition coefficient (Wildman–Crippen LogP) is 2.24. The van der Waals surface area contributed by atoms with Gasteiger partial charge in [0, 0.05) is 30.8 Å². The molecule has 3 aliphatic heterocycles. The minimum atomic E-state index is -0.611. The zero-order valence-electron chi connectivity index (χ0n) is 19.2. The molecule has 9 nitrogen and oxygen atoms in total. The molecule has 2 N–H and O–H groups in total. The van der Waals surface area contributed by atoms with Crippen molar-refractivity contribution in [3.63, 3.8) is 0 Å². The van der Waals surface area contributed by atoms with Crippen molar-refractivity contribution < 1.29 is 19.1 Å². The van der Waals surface area contributed by atoms with Crippen LogP contribution >= 0.6 is 0 Å². The molecule has 5 rings (SSSR count). The fraction of sp³-hybridized carbons (Fsp3) is 0.500. The third-order valence-corrected chi connectivity index (χ3v) is 6.46. The normalized spacial score (nSPS) is 23.7. The van der Waals surface area contributed by atoms with Crippen LogP contribution in [0.4, 0.5) is 5.95 Å². The molecule has 4 heterocycles. The van der Waals surface area contributed by atoms with Crippen molar-refractivity contribution in [3.05, 3.63) is 35.4 Å². The average Bonchev–Trinajstić information content (AvgIpc) is 3.08. The fourth-order valence-corrected chi connectivity index (χ4v) is 4.86. The van der Waals surface area contributed by atoms with Crippen molar-refractivity contribution in [3.8, 4) is 17.1 Å². The highest BCUT2D eigenvalue weighted by molar-refractivity contribution is 6.03. The first-order valence-electron chi connectivity index (χ1n) is 11.4. The van der Waals surface area contributed by atoms with Crippen LogP contribution in [0.5, 0.6) is 5.88 Å². The molecule has 0 radical (unpaired) electrons. The molecule has 1 aromatic carbocycles. The van der Waals surface area contributed by atoms with E-state index in [1.54, 1.807) is 29.2 Å². The molecule has 2 amide bonds. The molecule has 9 heteroatoms. The molecule has 3 aliphatic rings. The lowest BCUT2D eigenvalue weighted by Gasteiger charge is -2.33. The molecule has 2 fully saturated rings. The number of rotatable bonds is 4. The van der Waals surface area contributed by atoms with Crippen LogP contribution in [0.15, 0.2) is 24.3 Å². The minimum absolute atomic E-state index is 0.166. The van der Waals surface area contributed by atoms with Crippen LogP contribution < -0.4 is 15.4 Å². The third-order valence-electron chi connectivity index (χ3n) is 6.46. The third kappa shape index (κ3) is 4.01. The maximum absolute atomic E-state index is 13.6. The summed E-state index contributed by atoms with van der Waals surface area (Å²) in [7, 11) is 0. The molecule has 2 aromatic rings. The van der Waals surface area contributed by atoms with Crippen molar-refractivity contribution in [1.82, 2.24) is 14.9 Å². The van der Waals surface area contributed by atoms with Gasteiger partial charge in [0.25, 0.3) is 5.91 Å². The lowest BCUT2D eigenvalue weighted by molar-refractivity contribution is 0.0297. The van der Waals surface area contributed by atoms with Crippen LogP contribution in [0.25, 0.3) is 11.3 Å². The van der Waals surface area contributed by atoms with Gasteiger partial charge in [-0.25, -0.2) is 4.98 Å². The van der Waals surface area contributed by atoms with E-state index < -0.39 is 11.5 Å². The molecule has 33 heavy (non-hydrogen) atoms. The molecule has 0 aliphatic carbocycles. The van der Waals surface area contributed by atoms with Gasteiger partial charge in [-0.3, -0.25) is 9.59 Å². The zero-order valence-corrected chi connectivity index (χ0v) is 19.2. The van der Waals surface area contributed by atoms with Gasteiger partial charge in [-0.1, -0.05) is 12.1 Å². The summed E-state index contributed by atoms with van der Waals surface area (Å²) in [5.74, 6) is 0.141. The van der Waals surface area contributed by atoms with Crippen LogP contribution in [-0.4, -0.2) is 70.7 Å². The molecule has 2 atom stereocenters. The predicted molar refractivity (Wildman–Crippen MR) is 122 cm³/mol. The van der Waals surface area contributed by atoms with Gasteiger partial charge < -0.3 is 25.0 Å². The van der Waals surface area contributed by atoms with Crippen LogP contribution in [-0.2, 0) is 4.74 Å². The van der Waals surface area contributed by atoms with Crippen molar-refractivity contribution in [1.29, 1.82) is 0 Å². The smallest absolute Gasteiger partial charge is 0.261 e. The summed E-state index contributed by atoms with van der Waals surface area (Å²) in [6.07, 6.45) is 2.39. The SMILES string of the molecule is CCN1CC(C)(C)Oc2nc(N3CC4CCC(C3)O4)nc(-c3ccc(C(N)=O)cc3)c2C1=O. The highest BCUT2D eigenvalue weighted by Gasteiger charge is 2.39. The highest BCUT2D eigenvalue weighted by Crippen LogP contribution is 2.37. The van der Waals surface area contributed by atoms with E-state index in [1.165, 1.54) is 0 Å². The fourth-order valence-electron chi connectivity index (χ4n) is 4.86. The topological polar surface area (TPSA) is 111 Å². The second-order valence-electron chi connectivity index (χ2n) is 9.54. The molecule has 0 saturated carbocycles. The number of hydrogen-bond acceptors (Lipinski definition) is 7. The van der Waals surface area contributed by atoms with Gasteiger partial charge in [0.05, 0.1) is 24.4 Å². The Hall–Kier alpha value is -3.20. The van der Waals surface area contributed by atoms with E-state index in [2.05, 4.69) is 4.90 Å². The summed E-state index contributed by atoms with van der Waals surface area (Å²) in [4.78, 5) is 38.7. The van der Waals surface area contributed by atoms with Crippen molar-refractivity contribution >= 4 is 17.8 Å². The highest BCUT2D eigenvalue weighted by atomic mass is 16.5. The van der Waals surface area contributed by atoms with E-state index in [0.29, 0.717) is 60.4 Å². The monoisotopic (exact) mass is 451 g/mol. The van der Waals surface area contributed by atoms with E-state index in [4.69, 9.17) is 25.2 Å². The number of primary amides is 1. The van der Waals surface area contributed by atoms with Gasteiger partial charge >= 0.3 is 0 Å². The summed E-state index contributed by atoms with van der Waals surface area (Å²) in [6, 6.07) is 6.80. The first-order chi connectivity index (χ1) is 15.7. The summed E-state index contributed by atoms with van der Waals surface area (Å²) in [5, 5.41) is 0. The second-order valence-corrected chi connectivity index (χ2v) is 9.54. The van der Waals surface area contributed by atoms with Gasteiger partial charge in [0.1, 0.15) is 11.2 Å². The molecule has 174 valence electrons.